The van der Waals surface area contributed by atoms with Gasteiger partial charge in [-0.2, -0.15) is 5.21 Å². The molecule has 3 aromatic rings. The molecule has 1 atom stereocenters. The average Bonchev–Trinajstić information content (AvgIpc) is 3.48. The Morgan fingerprint density at radius 3 is 2.53 bits per heavy atom. The van der Waals surface area contributed by atoms with Crippen LogP contribution in [0, 0.1) is 0 Å². The number of unbranched alkanes of at least 4 members (excludes halogenated alkanes) is 1. The number of H-pyrrole nitrogens is 2. The molecule has 0 aliphatic rings. The van der Waals surface area contributed by atoms with E-state index in [0.29, 0.717) is 11.3 Å². The zero-order valence-corrected chi connectivity index (χ0v) is 18.8. The SMILES string of the molecule is CCCC(CCCCS(=O)(=O)c1ccccc1)c1[nH]ccc1CC(=O)C(=O)c1nn[nH]n1. The summed E-state index contributed by atoms with van der Waals surface area (Å²) in [5.74, 6) is -1.36. The number of aromatic nitrogens is 5. The number of ketones is 2. The lowest BCUT2D eigenvalue weighted by molar-refractivity contribution is -0.114. The van der Waals surface area contributed by atoms with Crippen molar-refractivity contribution in [1.29, 1.82) is 0 Å². The topological polar surface area (TPSA) is 139 Å². The van der Waals surface area contributed by atoms with Crippen molar-refractivity contribution in [3.63, 3.8) is 0 Å². The number of Topliss-reactive ketones (excluding diaryl/α,β-unsaturated/α-hetero) is 2. The molecule has 0 radical (unpaired) electrons. The van der Waals surface area contributed by atoms with Crippen LogP contribution < -0.4 is 0 Å². The van der Waals surface area contributed by atoms with Crippen molar-refractivity contribution in [2.75, 3.05) is 5.75 Å². The van der Waals surface area contributed by atoms with Gasteiger partial charge >= 0.3 is 0 Å². The number of benzene rings is 1. The van der Waals surface area contributed by atoms with Gasteiger partial charge < -0.3 is 4.98 Å². The van der Waals surface area contributed by atoms with Crippen molar-refractivity contribution in [2.24, 2.45) is 0 Å². The molecule has 0 aliphatic carbocycles. The van der Waals surface area contributed by atoms with Gasteiger partial charge in [0.25, 0.3) is 5.78 Å². The molecule has 0 bridgehead atoms. The van der Waals surface area contributed by atoms with E-state index in [1.807, 2.05) is 0 Å². The van der Waals surface area contributed by atoms with Gasteiger partial charge in [-0.25, -0.2) is 8.42 Å². The lowest BCUT2D eigenvalue weighted by Gasteiger charge is -2.17. The van der Waals surface area contributed by atoms with Gasteiger partial charge in [-0.15, -0.1) is 10.2 Å². The number of aromatic amines is 2. The van der Waals surface area contributed by atoms with Crippen LogP contribution in [-0.4, -0.2) is 51.3 Å². The summed E-state index contributed by atoms with van der Waals surface area (Å²) in [6, 6.07) is 10.3. The molecule has 0 saturated carbocycles. The summed E-state index contributed by atoms with van der Waals surface area (Å²) in [6.07, 6.45) is 5.65. The number of hydrogen-bond donors (Lipinski definition) is 2. The summed E-state index contributed by atoms with van der Waals surface area (Å²) in [5.41, 5.74) is 1.69. The van der Waals surface area contributed by atoms with Crippen molar-refractivity contribution >= 4 is 21.4 Å². The summed E-state index contributed by atoms with van der Waals surface area (Å²) in [7, 11) is -3.29. The van der Waals surface area contributed by atoms with E-state index >= 15 is 0 Å². The highest BCUT2D eigenvalue weighted by atomic mass is 32.2. The maximum Gasteiger partial charge on any atom is 0.269 e. The maximum atomic E-state index is 12.5. The van der Waals surface area contributed by atoms with E-state index in [2.05, 4.69) is 32.5 Å². The number of carbonyl (C=O) groups is 2. The van der Waals surface area contributed by atoms with Crippen molar-refractivity contribution in [1.82, 2.24) is 25.6 Å². The third kappa shape index (κ3) is 5.97. The van der Waals surface area contributed by atoms with Crippen molar-refractivity contribution < 1.29 is 18.0 Å². The lowest BCUT2D eigenvalue weighted by atomic mass is 9.90. The van der Waals surface area contributed by atoms with Crippen LogP contribution in [0.2, 0.25) is 0 Å². The summed E-state index contributed by atoms with van der Waals surface area (Å²) < 4.78 is 25.0. The minimum atomic E-state index is -3.29. The van der Waals surface area contributed by atoms with Gasteiger partial charge in [0, 0.05) is 18.3 Å². The molecule has 3 rings (SSSR count). The number of hydrogen-bond acceptors (Lipinski definition) is 7. The van der Waals surface area contributed by atoms with Crippen LogP contribution in [-0.2, 0) is 21.1 Å². The summed E-state index contributed by atoms with van der Waals surface area (Å²) in [5, 5.41) is 12.6. The third-order valence-corrected chi connectivity index (χ3v) is 7.20. The Kier molecular flexibility index (Phi) is 8.04. The molecular formula is C22H27N5O4S. The molecule has 9 nitrogen and oxygen atoms in total. The van der Waals surface area contributed by atoms with E-state index in [4.69, 9.17) is 0 Å². The largest absolute Gasteiger partial charge is 0.365 e. The summed E-state index contributed by atoms with van der Waals surface area (Å²) >= 11 is 0. The number of nitrogens with one attached hydrogen (secondary N) is 2. The summed E-state index contributed by atoms with van der Waals surface area (Å²) in [4.78, 5) is 28.1. The minimum absolute atomic E-state index is 0.0468. The zero-order chi connectivity index (χ0) is 23.0. The molecule has 0 saturated heterocycles. The van der Waals surface area contributed by atoms with Crippen LogP contribution in [0.15, 0.2) is 47.5 Å². The number of carbonyl (C=O) groups excluding carboxylic acids is 2. The van der Waals surface area contributed by atoms with Gasteiger partial charge in [-0.05, 0) is 54.2 Å². The van der Waals surface area contributed by atoms with Crippen LogP contribution in [0.5, 0.6) is 0 Å². The molecule has 0 fully saturated rings. The van der Waals surface area contributed by atoms with Gasteiger partial charge in [-0.3, -0.25) is 9.59 Å². The highest BCUT2D eigenvalue weighted by molar-refractivity contribution is 7.91. The fourth-order valence-corrected chi connectivity index (χ4v) is 5.19. The molecular weight excluding hydrogens is 430 g/mol. The van der Waals surface area contributed by atoms with Gasteiger partial charge in [0.2, 0.25) is 11.6 Å². The third-order valence-electron chi connectivity index (χ3n) is 5.39. The predicted molar refractivity (Wildman–Crippen MR) is 118 cm³/mol. The van der Waals surface area contributed by atoms with E-state index < -0.39 is 21.4 Å². The van der Waals surface area contributed by atoms with Crippen LogP contribution in [0.25, 0.3) is 0 Å². The molecule has 2 N–H and O–H groups in total. The Morgan fingerprint density at radius 1 is 1.06 bits per heavy atom. The number of sulfone groups is 1. The molecule has 0 aliphatic heterocycles. The first-order chi connectivity index (χ1) is 15.4. The van der Waals surface area contributed by atoms with E-state index in [0.717, 1.165) is 36.9 Å². The first-order valence-corrected chi connectivity index (χ1v) is 12.3. The zero-order valence-electron chi connectivity index (χ0n) is 18.0. The number of rotatable bonds is 13. The van der Waals surface area contributed by atoms with Crippen molar-refractivity contribution in [3.05, 3.63) is 59.7 Å². The predicted octanol–water partition coefficient (Wildman–Crippen LogP) is 3.05. The highest BCUT2D eigenvalue weighted by Gasteiger charge is 2.24. The Bertz CT molecular complexity index is 1120. The second kappa shape index (κ2) is 10.9. The lowest BCUT2D eigenvalue weighted by Crippen LogP contribution is -2.19. The van der Waals surface area contributed by atoms with Crippen molar-refractivity contribution in [2.45, 2.75) is 56.3 Å². The molecule has 0 spiro atoms. The molecule has 10 heteroatoms. The van der Waals surface area contributed by atoms with Gasteiger partial charge in [0.15, 0.2) is 9.84 Å². The second-order valence-electron chi connectivity index (χ2n) is 7.69. The summed E-state index contributed by atoms with van der Waals surface area (Å²) in [6.45, 7) is 2.08. The fourth-order valence-electron chi connectivity index (χ4n) is 3.79. The van der Waals surface area contributed by atoms with Crippen LogP contribution in [0.3, 0.4) is 0 Å². The monoisotopic (exact) mass is 457 g/mol. The fraction of sp³-hybridized carbons (Fsp3) is 0.409. The normalized spacial score (nSPS) is 12.5. The average molecular weight is 458 g/mol. The molecule has 32 heavy (non-hydrogen) atoms. The van der Waals surface area contributed by atoms with E-state index in [1.54, 1.807) is 42.6 Å². The Hall–Kier alpha value is -3.14. The van der Waals surface area contributed by atoms with Crippen LogP contribution >= 0.6 is 0 Å². The molecule has 2 aromatic heterocycles. The van der Waals surface area contributed by atoms with Gasteiger partial charge in [-0.1, -0.05) is 38.0 Å². The first kappa shape index (κ1) is 23.5. The van der Waals surface area contributed by atoms with E-state index in [-0.39, 0.29) is 23.9 Å². The number of nitrogens with zero attached hydrogens (tertiary/aromatic N) is 3. The second-order valence-corrected chi connectivity index (χ2v) is 9.80. The smallest absolute Gasteiger partial charge is 0.269 e. The Labute approximate surface area is 186 Å². The number of tetrazole rings is 1. The van der Waals surface area contributed by atoms with Gasteiger partial charge in [0.1, 0.15) is 0 Å². The van der Waals surface area contributed by atoms with E-state index in [1.165, 1.54) is 0 Å². The Balaban J connectivity index is 1.59. The highest BCUT2D eigenvalue weighted by Crippen LogP contribution is 2.29. The van der Waals surface area contributed by atoms with Crippen LogP contribution in [0.1, 0.15) is 66.8 Å². The molecule has 170 valence electrons. The minimum Gasteiger partial charge on any atom is -0.365 e. The Morgan fingerprint density at radius 2 is 1.84 bits per heavy atom. The first-order valence-electron chi connectivity index (χ1n) is 10.7. The molecule has 1 aromatic carbocycles. The quantitative estimate of drug-likeness (QED) is 0.228. The van der Waals surface area contributed by atoms with Gasteiger partial charge in [0.05, 0.1) is 10.6 Å². The molecule has 1 unspecified atom stereocenters. The molecule has 2 heterocycles. The van der Waals surface area contributed by atoms with Crippen molar-refractivity contribution in [3.8, 4) is 0 Å². The van der Waals surface area contributed by atoms with E-state index in [9.17, 15) is 18.0 Å². The molecule has 0 amide bonds. The standard InChI is InChI=1S/C22H27N5O4S/c1-2-8-16(9-6-7-14-32(30,31)18-10-4-3-5-11-18)20-17(12-13-23-20)15-19(28)21(29)22-24-26-27-25-22/h3-5,10-13,16,23H,2,6-9,14-15H2,1H3,(H,24,25,26,27). The maximum absolute atomic E-state index is 12.5. The van der Waals surface area contributed by atoms with Crippen LogP contribution in [0.4, 0.5) is 0 Å².